The number of anilines is 1. The molecule has 0 unspecified atom stereocenters. The normalized spacial score (nSPS) is 11.5. The largest absolute Gasteiger partial charge is 0.453 e. The minimum Gasteiger partial charge on any atom is -0.453 e. The van der Waals surface area contributed by atoms with Crippen LogP contribution in [0.25, 0.3) is 0 Å². The van der Waals surface area contributed by atoms with Crippen LogP contribution in [-0.2, 0) is 9.53 Å². The topological polar surface area (TPSA) is 67.4 Å². The third kappa shape index (κ3) is 5.42. The highest BCUT2D eigenvalue weighted by Crippen LogP contribution is 2.08. The van der Waals surface area contributed by atoms with Crippen LogP contribution in [0.4, 0.5) is 10.5 Å². The summed E-state index contributed by atoms with van der Waals surface area (Å²) in [6, 6.07) is 8.57. The van der Waals surface area contributed by atoms with Gasteiger partial charge in [0.25, 0.3) is 0 Å². The zero-order valence-corrected chi connectivity index (χ0v) is 11.3. The molecule has 5 heteroatoms. The number of unbranched alkanes of at least 4 members (excludes halogenated alkanes) is 1. The molecule has 0 aliphatic carbocycles. The van der Waals surface area contributed by atoms with Gasteiger partial charge in [-0.1, -0.05) is 38.0 Å². The molecular weight excluding hydrogens is 244 g/mol. The molecule has 0 spiro atoms. The number of methoxy groups -OCH3 is 1. The second-order valence-corrected chi connectivity index (χ2v) is 4.19. The van der Waals surface area contributed by atoms with Gasteiger partial charge in [-0.05, 0) is 18.6 Å². The SMILES string of the molecule is CCCC[C@@H](NC(=O)OC)C(=O)Nc1ccccc1. The molecule has 0 heterocycles. The van der Waals surface area contributed by atoms with Crippen LogP contribution < -0.4 is 10.6 Å². The van der Waals surface area contributed by atoms with Gasteiger partial charge in [0.15, 0.2) is 0 Å². The molecular formula is C14H20N2O3. The Bertz CT molecular complexity index is 406. The van der Waals surface area contributed by atoms with E-state index in [-0.39, 0.29) is 5.91 Å². The van der Waals surface area contributed by atoms with E-state index in [4.69, 9.17) is 0 Å². The summed E-state index contributed by atoms with van der Waals surface area (Å²) in [5.41, 5.74) is 0.709. The summed E-state index contributed by atoms with van der Waals surface area (Å²) >= 11 is 0. The van der Waals surface area contributed by atoms with Crippen LogP contribution in [0, 0.1) is 0 Å². The van der Waals surface area contributed by atoms with E-state index in [1.807, 2.05) is 25.1 Å². The van der Waals surface area contributed by atoms with Crippen LogP contribution in [0.5, 0.6) is 0 Å². The van der Waals surface area contributed by atoms with Gasteiger partial charge in [0.2, 0.25) is 5.91 Å². The van der Waals surface area contributed by atoms with E-state index in [2.05, 4.69) is 15.4 Å². The number of ether oxygens (including phenoxy) is 1. The third-order valence-corrected chi connectivity index (χ3v) is 2.68. The van der Waals surface area contributed by atoms with E-state index < -0.39 is 12.1 Å². The number of hydrogen-bond acceptors (Lipinski definition) is 3. The van der Waals surface area contributed by atoms with Crippen LogP contribution in [0.15, 0.2) is 30.3 Å². The lowest BCUT2D eigenvalue weighted by Gasteiger charge is -2.17. The summed E-state index contributed by atoms with van der Waals surface area (Å²) in [6.07, 6.45) is 1.81. The van der Waals surface area contributed by atoms with Gasteiger partial charge in [-0.15, -0.1) is 0 Å². The molecule has 0 aliphatic rings. The van der Waals surface area contributed by atoms with Crippen molar-refractivity contribution in [3.8, 4) is 0 Å². The minimum atomic E-state index is -0.593. The quantitative estimate of drug-likeness (QED) is 0.829. The maximum absolute atomic E-state index is 12.1. The summed E-state index contributed by atoms with van der Waals surface area (Å²) in [4.78, 5) is 23.3. The van der Waals surface area contributed by atoms with Crippen molar-refractivity contribution in [2.75, 3.05) is 12.4 Å². The van der Waals surface area contributed by atoms with Gasteiger partial charge in [0.1, 0.15) is 6.04 Å². The second kappa shape index (κ2) is 8.13. The zero-order valence-electron chi connectivity index (χ0n) is 11.3. The first-order valence-electron chi connectivity index (χ1n) is 6.37. The second-order valence-electron chi connectivity index (χ2n) is 4.19. The Balaban J connectivity index is 2.62. The average molecular weight is 264 g/mol. The molecule has 104 valence electrons. The fourth-order valence-corrected chi connectivity index (χ4v) is 1.63. The number of carbonyl (C=O) groups excluding carboxylic acids is 2. The Hall–Kier alpha value is -2.04. The maximum atomic E-state index is 12.1. The first-order chi connectivity index (χ1) is 9.17. The molecule has 0 saturated carbocycles. The fourth-order valence-electron chi connectivity index (χ4n) is 1.63. The predicted molar refractivity (Wildman–Crippen MR) is 73.9 cm³/mol. The van der Waals surface area contributed by atoms with E-state index in [9.17, 15) is 9.59 Å². The smallest absolute Gasteiger partial charge is 0.407 e. The van der Waals surface area contributed by atoms with Crippen molar-refractivity contribution in [2.45, 2.75) is 32.2 Å². The van der Waals surface area contributed by atoms with Gasteiger partial charge in [-0.25, -0.2) is 4.79 Å². The lowest BCUT2D eigenvalue weighted by molar-refractivity contribution is -0.118. The van der Waals surface area contributed by atoms with Gasteiger partial charge in [-0.3, -0.25) is 4.79 Å². The molecule has 1 atom stereocenters. The molecule has 0 aromatic heterocycles. The number of para-hydroxylation sites is 1. The molecule has 0 radical (unpaired) electrons. The van der Waals surface area contributed by atoms with Crippen LogP contribution in [0.2, 0.25) is 0 Å². The number of nitrogens with one attached hydrogen (secondary N) is 2. The average Bonchev–Trinajstić information content (AvgIpc) is 2.44. The lowest BCUT2D eigenvalue weighted by Crippen LogP contribution is -2.43. The summed E-state index contributed by atoms with van der Waals surface area (Å²) < 4.78 is 4.53. The first-order valence-corrected chi connectivity index (χ1v) is 6.37. The Morgan fingerprint density at radius 2 is 1.95 bits per heavy atom. The molecule has 0 fully saturated rings. The number of rotatable bonds is 6. The lowest BCUT2D eigenvalue weighted by atomic mass is 10.1. The van der Waals surface area contributed by atoms with Crippen molar-refractivity contribution >= 4 is 17.7 Å². The van der Waals surface area contributed by atoms with Gasteiger partial charge >= 0.3 is 6.09 Å². The molecule has 0 bridgehead atoms. The van der Waals surface area contributed by atoms with Crippen molar-refractivity contribution < 1.29 is 14.3 Å². The minimum absolute atomic E-state index is 0.231. The van der Waals surface area contributed by atoms with Crippen LogP contribution in [0.3, 0.4) is 0 Å². The highest BCUT2D eigenvalue weighted by atomic mass is 16.5. The Kier molecular flexibility index (Phi) is 6.43. The van der Waals surface area contributed by atoms with E-state index in [1.54, 1.807) is 12.1 Å². The van der Waals surface area contributed by atoms with Gasteiger partial charge in [0, 0.05) is 5.69 Å². The molecule has 19 heavy (non-hydrogen) atoms. The van der Waals surface area contributed by atoms with Crippen molar-refractivity contribution in [2.24, 2.45) is 0 Å². The van der Waals surface area contributed by atoms with Gasteiger partial charge < -0.3 is 15.4 Å². The number of alkyl carbamates (subject to hydrolysis) is 1. The molecule has 0 aliphatic heterocycles. The summed E-state index contributed by atoms with van der Waals surface area (Å²) in [5, 5.41) is 5.32. The van der Waals surface area contributed by atoms with Crippen molar-refractivity contribution in [1.29, 1.82) is 0 Å². The van der Waals surface area contributed by atoms with Crippen molar-refractivity contribution in [3.05, 3.63) is 30.3 Å². The van der Waals surface area contributed by atoms with E-state index in [0.29, 0.717) is 12.1 Å². The van der Waals surface area contributed by atoms with Crippen molar-refractivity contribution in [3.63, 3.8) is 0 Å². The number of carbonyl (C=O) groups is 2. The third-order valence-electron chi connectivity index (χ3n) is 2.68. The highest BCUT2D eigenvalue weighted by molar-refractivity contribution is 5.96. The Morgan fingerprint density at radius 3 is 2.53 bits per heavy atom. The predicted octanol–water partition coefficient (Wildman–Crippen LogP) is 2.54. The molecule has 2 amide bonds. The van der Waals surface area contributed by atoms with Gasteiger partial charge in [0.05, 0.1) is 7.11 Å². The van der Waals surface area contributed by atoms with Crippen LogP contribution in [-0.4, -0.2) is 25.2 Å². The highest BCUT2D eigenvalue weighted by Gasteiger charge is 2.20. The number of hydrogen-bond donors (Lipinski definition) is 2. The van der Waals surface area contributed by atoms with Gasteiger partial charge in [-0.2, -0.15) is 0 Å². The maximum Gasteiger partial charge on any atom is 0.407 e. The fraction of sp³-hybridized carbons (Fsp3) is 0.429. The molecule has 5 nitrogen and oxygen atoms in total. The summed E-state index contributed by atoms with van der Waals surface area (Å²) in [5.74, 6) is -0.231. The molecule has 1 aromatic rings. The monoisotopic (exact) mass is 264 g/mol. The summed E-state index contributed by atoms with van der Waals surface area (Å²) in [6.45, 7) is 2.03. The molecule has 1 rings (SSSR count). The molecule has 2 N–H and O–H groups in total. The van der Waals surface area contributed by atoms with E-state index in [0.717, 1.165) is 12.8 Å². The Labute approximate surface area is 113 Å². The van der Waals surface area contributed by atoms with E-state index in [1.165, 1.54) is 7.11 Å². The first kappa shape index (κ1) is 15.0. The summed E-state index contributed by atoms with van der Waals surface area (Å²) in [7, 11) is 1.28. The molecule has 1 aromatic carbocycles. The Morgan fingerprint density at radius 1 is 1.26 bits per heavy atom. The van der Waals surface area contributed by atoms with Crippen LogP contribution >= 0.6 is 0 Å². The number of amides is 2. The van der Waals surface area contributed by atoms with Crippen molar-refractivity contribution in [1.82, 2.24) is 5.32 Å². The standard InChI is InChI=1S/C14H20N2O3/c1-3-4-10-12(16-14(18)19-2)13(17)15-11-8-6-5-7-9-11/h5-9,12H,3-4,10H2,1-2H3,(H,15,17)(H,16,18)/t12-/m1/s1. The van der Waals surface area contributed by atoms with Crippen LogP contribution in [0.1, 0.15) is 26.2 Å². The van der Waals surface area contributed by atoms with E-state index >= 15 is 0 Å². The number of benzene rings is 1. The molecule has 0 saturated heterocycles. The zero-order chi connectivity index (χ0) is 14.1.